The van der Waals surface area contributed by atoms with Crippen LogP contribution >= 0.6 is 0 Å². The molecule has 1 aromatic heterocycles. The average molecular weight is 286 g/mol. The van der Waals surface area contributed by atoms with Crippen LogP contribution in [0.5, 0.6) is 0 Å². The standard InChI is InChI=1S/C17H26N4/c1-11-9-14(11)17-19-15(18)10-16(20-17)21(13-7-8-13)12-5-3-2-4-6-12/h10-14H,2-9H2,1H3,(H2,18,19,20). The zero-order valence-electron chi connectivity index (χ0n) is 13.0. The molecule has 3 aliphatic rings. The number of hydrogen-bond acceptors (Lipinski definition) is 4. The van der Waals surface area contributed by atoms with Gasteiger partial charge in [-0.15, -0.1) is 0 Å². The minimum atomic E-state index is 0.541. The lowest BCUT2D eigenvalue weighted by atomic mass is 9.94. The third kappa shape index (κ3) is 2.72. The van der Waals surface area contributed by atoms with E-state index in [0.717, 1.165) is 17.6 Å². The van der Waals surface area contributed by atoms with Crippen LogP contribution in [0.25, 0.3) is 0 Å². The molecule has 0 amide bonds. The van der Waals surface area contributed by atoms with Gasteiger partial charge in [-0.25, -0.2) is 9.97 Å². The van der Waals surface area contributed by atoms with Crippen molar-refractivity contribution in [1.82, 2.24) is 9.97 Å². The summed E-state index contributed by atoms with van der Waals surface area (Å²) in [5.74, 6) is 4.00. The number of nitrogens with two attached hydrogens (primary N) is 1. The van der Waals surface area contributed by atoms with Crippen molar-refractivity contribution in [2.24, 2.45) is 5.92 Å². The zero-order chi connectivity index (χ0) is 14.4. The van der Waals surface area contributed by atoms with Crippen molar-refractivity contribution >= 4 is 11.6 Å². The van der Waals surface area contributed by atoms with Crippen molar-refractivity contribution in [2.75, 3.05) is 10.6 Å². The van der Waals surface area contributed by atoms with Gasteiger partial charge in [-0.3, -0.25) is 0 Å². The van der Waals surface area contributed by atoms with Gasteiger partial charge in [0.2, 0.25) is 0 Å². The van der Waals surface area contributed by atoms with Gasteiger partial charge in [0.05, 0.1) is 0 Å². The zero-order valence-corrected chi connectivity index (χ0v) is 13.0. The van der Waals surface area contributed by atoms with Gasteiger partial charge in [0.15, 0.2) is 0 Å². The maximum atomic E-state index is 6.08. The summed E-state index contributed by atoms with van der Waals surface area (Å²) in [5.41, 5.74) is 6.08. The molecule has 0 aromatic carbocycles. The molecule has 21 heavy (non-hydrogen) atoms. The van der Waals surface area contributed by atoms with Crippen LogP contribution in [0.1, 0.15) is 70.0 Å². The second kappa shape index (κ2) is 5.15. The minimum Gasteiger partial charge on any atom is -0.384 e. The summed E-state index contributed by atoms with van der Waals surface area (Å²) in [5, 5.41) is 0. The largest absolute Gasteiger partial charge is 0.384 e. The van der Waals surface area contributed by atoms with Gasteiger partial charge in [-0.2, -0.15) is 0 Å². The van der Waals surface area contributed by atoms with Gasteiger partial charge >= 0.3 is 0 Å². The Morgan fingerprint density at radius 2 is 1.71 bits per heavy atom. The SMILES string of the molecule is CC1CC1c1nc(N)cc(N(C2CCCCC2)C2CC2)n1. The van der Waals surface area contributed by atoms with Crippen LogP contribution in [-0.2, 0) is 0 Å². The van der Waals surface area contributed by atoms with Crippen molar-refractivity contribution in [3.8, 4) is 0 Å². The Morgan fingerprint density at radius 1 is 1.05 bits per heavy atom. The first-order valence-corrected chi connectivity index (χ1v) is 8.65. The highest BCUT2D eigenvalue weighted by atomic mass is 15.3. The molecule has 0 bridgehead atoms. The third-order valence-corrected chi connectivity index (χ3v) is 5.36. The first-order chi connectivity index (χ1) is 10.2. The van der Waals surface area contributed by atoms with Gasteiger partial charge in [-0.1, -0.05) is 26.2 Å². The van der Waals surface area contributed by atoms with E-state index in [-0.39, 0.29) is 0 Å². The summed E-state index contributed by atoms with van der Waals surface area (Å²) >= 11 is 0. The summed E-state index contributed by atoms with van der Waals surface area (Å²) < 4.78 is 0. The van der Waals surface area contributed by atoms with Crippen molar-refractivity contribution in [3.63, 3.8) is 0 Å². The molecule has 2 unspecified atom stereocenters. The highest BCUT2D eigenvalue weighted by Crippen LogP contribution is 2.46. The number of rotatable bonds is 4. The Labute approximate surface area is 127 Å². The summed E-state index contributed by atoms with van der Waals surface area (Å²) in [6.07, 6.45) is 10.6. The number of aromatic nitrogens is 2. The molecule has 0 saturated heterocycles. The lowest BCUT2D eigenvalue weighted by Crippen LogP contribution is -2.39. The topological polar surface area (TPSA) is 55.0 Å². The predicted octanol–water partition coefficient (Wildman–Crippen LogP) is 3.48. The Kier molecular flexibility index (Phi) is 3.27. The Hall–Kier alpha value is -1.32. The van der Waals surface area contributed by atoms with Crippen LogP contribution in [0.3, 0.4) is 0 Å². The van der Waals surface area contributed by atoms with E-state index in [0.29, 0.717) is 23.8 Å². The van der Waals surface area contributed by atoms with Crippen LogP contribution in [0, 0.1) is 5.92 Å². The van der Waals surface area contributed by atoms with E-state index in [1.54, 1.807) is 0 Å². The fourth-order valence-corrected chi connectivity index (χ4v) is 3.84. The van der Waals surface area contributed by atoms with Gasteiger partial charge in [-0.05, 0) is 38.0 Å². The molecule has 0 radical (unpaired) electrons. The molecule has 1 aromatic rings. The highest BCUT2D eigenvalue weighted by Gasteiger charge is 2.39. The normalized spacial score (nSPS) is 29.4. The van der Waals surface area contributed by atoms with E-state index in [9.17, 15) is 0 Å². The van der Waals surface area contributed by atoms with Crippen molar-refractivity contribution < 1.29 is 0 Å². The smallest absolute Gasteiger partial charge is 0.136 e. The lowest BCUT2D eigenvalue weighted by Gasteiger charge is -2.35. The summed E-state index contributed by atoms with van der Waals surface area (Å²) in [7, 11) is 0. The van der Waals surface area contributed by atoms with Gasteiger partial charge < -0.3 is 10.6 Å². The van der Waals surface area contributed by atoms with Crippen LogP contribution in [0.15, 0.2) is 6.07 Å². The third-order valence-electron chi connectivity index (χ3n) is 5.36. The molecule has 2 atom stereocenters. The molecule has 2 N–H and O–H groups in total. The first-order valence-electron chi connectivity index (χ1n) is 8.65. The highest BCUT2D eigenvalue weighted by molar-refractivity contribution is 5.50. The van der Waals surface area contributed by atoms with Crippen LogP contribution < -0.4 is 10.6 Å². The molecule has 4 heteroatoms. The predicted molar refractivity (Wildman–Crippen MR) is 85.3 cm³/mol. The van der Waals surface area contributed by atoms with Crippen LogP contribution in [0.4, 0.5) is 11.6 Å². The molecule has 3 fully saturated rings. The fourth-order valence-electron chi connectivity index (χ4n) is 3.84. The van der Waals surface area contributed by atoms with Crippen LogP contribution in [-0.4, -0.2) is 22.1 Å². The maximum absolute atomic E-state index is 6.08. The van der Waals surface area contributed by atoms with Crippen LogP contribution in [0.2, 0.25) is 0 Å². The molecular weight excluding hydrogens is 260 g/mol. The molecule has 0 spiro atoms. The van der Waals surface area contributed by atoms with Gasteiger partial charge in [0.1, 0.15) is 17.5 Å². The van der Waals surface area contributed by atoms with Gasteiger partial charge in [0.25, 0.3) is 0 Å². The number of hydrogen-bond donors (Lipinski definition) is 1. The summed E-state index contributed by atoms with van der Waals surface area (Å²) in [6, 6.07) is 3.38. The van der Waals surface area contributed by atoms with Crippen molar-refractivity contribution in [2.45, 2.75) is 76.3 Å². The average Bonchev–Trinajstić information content (AvgIpc) is 3.37. The number of nitrogens with zero attached hydrogens (tertiary/aromatic N) is 3. The Bertz CT molecular complexity index is 520. The molecule has 1 heterocycles. The number of anilines is 2. The summed E-state index contributed by atoms with van der Waals surface area (Å²) in [6.45, 7) is 2.27. The minimum absolute atomic E-state index is 0.541. The second-order valence-corrected chi connectivity index (χ2v) is 7.26. The van der Waals surface area contributed by atoms with E-state index >= 15 is 0 Å². The van der Waals surface area contributed by atoms with E-state index in [2.05, 4.69) is 16.8 Å². The number of nitrogen functional groups attached to an aromatic ring is 1. The molecule has 4 rings (SSSR count). The van der Waals surface area contributed by atoms with E-state index in [1.807, 2.05) is 6.07 Å². The summed E-state index contributed by atoms with van der Waals surface area (Å²) in [4.78, 5) is 12.0. The Morgan fingerprint density at radius 3 is 2.33 bits per heavy atom. The second-order valence-electron chi connectivity index (χ2n) is 7.26. The lowest BCUT2D eigenvalue weighted by molar-refractivity contribution is 0.410. The van der Waals surface area contributed by atoms with E-state index < -0.39 is 0 Å². The van der Waals surface area contributed by atoms with E-state index in [4.69, 9.17) is 10.7 Å². The van der Waals surface area contributed by atoms with E-state index in [1.165, 1.54) is 51.4 Å². The first kappa shape index (κ1) is 13.4. The molecule has 4 nitrogen and oxygen atoms in total. The maximum Gasteiger partial charge on any atom is 0.136 e. The molecule has 3 saturated carbocycles. The fraction of sp³-hybridized carbons (Fsp3) is 0.765. The van der Waals surface area contributed by atoms with Crippen molar-refractivity contribution in [3.05, 3.63) is 11.9 Å². The molecule has 3 aliphatic carbocycles. The molecular formula is C17H26N4. The molecule has 114 valence electrons. The quantitative estimate of drug-likeness (QED) is 0.920. The molecule has 0 aliphatic heterocycles. The Balaban J connectivity index is 1.63. The monoisotopic (exact) mass is 286 g/mol. The van der Waals surface area contributed by atoms with Gasteiger partial charge in [0, 0.05) is 24.1 Å². The van der Waals surface area contributed by atoms with Crippen molar-refractivity contribution in [1.29, 1.82) is 0 Å².